The van der Waals surface area contributed by atoms with E-state index in [1.165, 1.54) is 31.1 Å². The Balaban J connectivity index is 1.25. The molecule has 4 N–H and O–H groups in total. The van der Waals surface area contributed by atoms with E-state index in [1.54, 1.807) is 29.1 Å². The van der Waals surface area contributed by atoms with E-state index in [1.807, 2.05) is 12.1 Å². The number of ketones is 2. The second-order valence-electron chi connectivity index (χ2n) is 9.27. The van der Waals surface area contributed by atoms with E-state index in [9.17, 15) is 24.6 Å². The van der Waals surface area contributed by atoms with Crippen molar-refractivity contribution in [3.8, 4) is 17.2 Å². The van der Waals surface area contributed by atoms with Crippen LogP contribution in [0.15, 0.2) is 41.6 Å². The molecule has 1 amide bonds. The number of phenolic OH excluding ortho intramolecular Hbond substituents is 2. The fourth-order valence-electron chi connectivity index (χ4n) is 5.10. The number of carbonyl (C=O) groups is 3. The minimum absolute atomic E-state index is 0.0668. The van der Waals surface area contributed by atoms with Gasteiger partial charge in [0.25, 0.3) is 0 Å². The molecule has 2 aromatic carbocycles. The number of methoxy groups -OCH3 is 1. The minimum Gasteiger partial charge on any atom is -0.507 e. The van der Waals surface area contributed by atoms with Gasteiger partial charge in [-0.25, -0.2) is 4.98 Å². The summed E-state index contributed by atoms with van der Waals surface area (Å²) in [6.07, 6.45) is 2.53. The highest BCUT2D eigenvalue weighted by molar-refractivity contribution is 8.76. The van der Waals surface area contributed by atoms with Crippen LogP contribution in [0, 0.1) is 5.92 Å². The second-order valence-corrected chi connectivity index (χ2v) is 11.7. The highest BCUT2D eigenvalue weighted by Crippen LogP contribution is 2.47. The summed E-state index contributed by atoms with van der Waals surface area (Å²) in [6, 6.07) is 8.37. The number of carbonyl (C=O) groups excluding carboxylic acids is 3. The molecule has 1 aromatic heterocycles. The first kappa shape index (κ1) is 27.8. The Morgan fingerprint density at radius 1 is 1.05 bits per heavy atom. The van der Waals surface area contributed by atoms with Crippen LogP contribution >= 0.6 is 21.6 Å². The number of aromatic nitrogens is 1. The number of anilines is 1. The van der Waals surface area contributed by atoms with Crippen LogP contribution in [-0.4, -0.2) is 59.2 Å². The molecular weight excluding hydrogens is 554 g/mol. The van der Waals surface area contributed by atoms with Gasteiger partial charge in [0.2, 0.25) is 11.7 Å². The van der Waals surface area contributed by atoms with Gasteiger partial charge in [-0.1, -0.05) is 22.9 Å². The Kier molecular flexibility index (Phi) is 8.19. The summed E-state index contributed by atoms with van der Waals surface area (Å²) in [4.78, 5) is 48.9. The molecule has 2 aliphatic rings. The highest BCUT2D eigenvalue weighted by Gasteiger charge is 2.41. The minimum atomic E-state index is -0.578. The number of amides is 1. The van der Waals surface area contributed by atoms with Crippen molar-refractivity contribution in [1.82, 2.24) is 10.3 Å². The van der Waals surface area contributed by atoms with Crippen LogP contribution in [0.3, 0.4) is 0 Å². The Hall–Kier alpha value is -3.74. The van der Waals surface area contributed by atoms with Crippen LogP contribution in [-0.2, 0) is 22.5 Å². The lowest BCUT2D eigenvalue weighted by atomic mass is 9.75. The third-order valence-electron chi connectivity index (χ3n) is 6.98. The number of phenols is 2. The summed E-state index contributed by atoms with van der Waals surface area (Å²) in [5.41, 5.74) is 3.91. The number of aromatic hydroxyl groups is 2. The predicted molar refractivity (Wildman–Crippen MR) is 151 cm³/mol. The zero-order valence-corrected chi connectivity index (χ0v) is 23.4. The first-order valence-corrected chi connectivity index (χ1v) is 14.9. The fraction of sp³-hybridized carbons (Fsp3) is 0.286. The van der Waals surface area contributed by atoms with Gasteiger partial charge in [0.1, 0.15) is 22.3 Å². The summed E-state index contributed by atoms with van der Waals surface area (Å²) in [7, 11) is 5.98. The Morgan fingerprint density at radius 2 is 1.82 bits per heavy atom. The van der Waals surface area contributed by atoms with Crippen LogP contribution < -0.4 is 15.5 Å². The molecule has 1 unspecified atom stereocenters. The monoisotopic (exact) mass is 581 g/mol. The molecule has 10 nitrogen and oxygen atoms in total. The van der Waals surface area contributed by atoms with Crippen molar-refractivity contribution >= 4 is 44.7 Å². The standard InChI is InChI=1S/C28H27N3O7S2/c1-37-19-5-3-4-17-21(19)27(35)23-22(25(17)33)26(34)18-12-14(6-8-16(18)24(23)32)28(36)29-10-11-39-40-20-9-7-15(13-30-20)31-38-2/h3-5,7,9,13-14,31-32,34H,6,8,10-12H2,1-2H3,(H,29,36). The molecule has 0 saturated heterocycles. The van der Waals surface area contributed by atoms with Crippen molar-refractivity contribution in [3.63, 3.8) is 0 Å². The van der Waals surface area contributed by atoms with Crippen LogP contribution in [0.5, 0.6) is 17.2 Å². The van der Waals surface area contributed by atoms with Crippen molar-refractivity contribution in [2.75, 3.05) is 32.0 Å². The molecule has 2 aliphatic carbocycles. The van der Waals surface area contributed by atoms with E-state index in [0.717, 1.165) is 10.7 Å². The topological polar surface area (TPSA) is 147 Å². The molecule has 0 fully saturated rings. The number of hydrogen-bond donors (Lipinski definition) is 4. The fourth-order valence-corrected chi connectivity index (χ4v) is 6.87. The van der Waals surface area contributed by atoms with E-state index in [0.29, 0.717) is 29.8 Å². The lowest BCUT2D eigenvalue weighted by Gasteiger charge is -2.29. The Morgan fingerprint density at radius 3 is 2.55 bits per heavy atom. The lowest BCUT2D eigenvalue weighted by molar-refractivity contribution is -0.125. The van der Waals surface area contributed by atoms with E-state index in [2.05, 4.69) is 15.8 Å². The molecule has 5 rings (SSSR count). The van der Waals surface area contributed by atoms with Gasteiger partial charge in [-0.15, -0.1) is 0 Å². The summed E-state index contributed by atoms with van der Waals surface area (Å²) in [6.45, 7) is 0.441. The number of nitrogens with one attached hydrogen (secondary N) is 2. The van der Waals surface area contributed by atoms with E-state index >= 15 is 0 Å². The number of rotatable bonds is 9. The molecule has 0 aliphatic heterocycles. The second kappa shape index (κ2) is 11.8. The molecule has 40 heavy (non-hydrogen) atoms. The molecule has 208 valence electrons. The maximum Gasteiger partial charge on any atom is 0.223 e. The number of ether oxygens (including phenoxy) is 1. The van der Waals surface area contributed by atoms with E-state index in [4.69, 9.17) is 9.57 Å². The molecule has 0 saturated carbocycles. The zero-order valence-electron chi connectivity index (χ0n) is 21.8. The van der Waals surface area contributed by atoms with Crippen LogP contribution in [0.1, 0.15) is 49.4 Å². The Labute approximate surface area is 238 Å². The third-order valence-corrected chi connectivity index (χ3v) is 9.25. The van der Waals surface area contributed by atoms with Crippen molar-refractivity contribution in [3.05, 3.63) is 69.9 Å². The maximum atomic E-state index is 13.4. The van der Waals surface area contributed by atoms with E-state index in [-0.39, 0.29) is 58.3 Å². The van der Waals surface area contributed by atoms with Crippen LogP contribution in [0.4, 0.5) is 5.69 Å². The summed E-state index contributed by atoms with van der Waals surface area (Å²) >= 11 is 0. The normalized spacial score (nSPS) is 15.6. The van der Waals surface area contributed by atoms with Gasteiger partial charge in [-0.2, -0.15) is 0 Å². The largest absolute Gasteiger partial charge is 0.507 e. The predicted octanol–water partition coefficient (Wildman–Crippen LogP) is 3.91. The molecule has 0 spiro atoms. The average molecular weight is 582 g/mol. The number of nitrogens with zero attached hydrogens (tertiary/aromatic N) is 1. The van der Waals surface area contributed by atoms with E-state index < -0.39 is 17.5 Å². The number of benzene rings is 2. The highest BCUT2D eigenvalue weighted by atomic mass is 33.1. The van der Waals surface area contributed by atoms with Crippen molar-refractivity contribution in [2.24, 2.45) is 5.92 Å². The third kappa shape index (κ3) is 5.09. The molecule has 1 atom stereocenters. The van der Waals surface area contributed by atoms with Gasteiger partial charge >= 0.3 is 0 Å². The summed E-state index contributed by atoms with van der Waals surface area (Å²) in [5.74, 6) is -1.55. The SMILES string of the molecule is CONc1ccc(SSCCNC(=O)C2CCc3c(O)c4c(c(O)c3C2)C(=O)c2cccc(OC)c2C4=O)nc1. The van der Waals surface area contributed by atoms with Crippen molar-refractivity contribution in [2.45, 2.75) is 24.3 Å². The average Bonchev–Trinajstić information content (AvgIpc) is 2.97. The number of fused-ring (bicyclic) bond motifs is 3. The van der Waals surface area contributed by atoms with Crippen LogP contribution in [0.2, 0.25) is 0 Å². The first-order valence-electron chi connectivity index (χ1n) is 12.5. The van der Waals surface area contributed by atoms with Crippen molar-refractivity contribution < 1.29 is 34.2 Å². The molecule has 1 heterocycles. The molecule has 0 radical (unpaired) electrons. The van der Waals surface area contributed by atoms with Gasteiger partial charge in [0.15, 0.2) is 5.78 Å². The Bertz CT molecular complexity index is 1490. The first-order chi connectivity index (χ1) is 19.3. The maximum absolute atomic E-state index is 13.4. The lowest BCUT2D eigenvalue weighted by Crippen LogP contribution is -2.35. The summed E-state index contributed by atoms with van der Waals surface area (Å²) in [5, 5.41) is 26.0. The van der Waals surface area contributed by atoms with Crippen molar-refractivity contribution in [1.29, 1.82) is 0 Å². The van der Waals surface area contributed by atoms with Gasteiger partial charge in [0, 0.05) is 34.9 Å². The van der Waals surface area contributed by atoms with Gasteiger partial charge in [0.05, 0.1) is 42.8 Å². The van der Waals surface area contributed by atoms with Gasteiger partial charge < -0.3 is 20.3 Å². The number of hydrogen-bond acceptors (Lipinski definition) is 11. The molecule has 3 aromatic rings. The zero-order chi connectivity index (χ0) is 28.4. The number of pyridine rings is 1. The quantitative estimate of drug-likeness (QED) is 0.0987. The van der Waals surface area contributed by atoms with Crippen LogP contribution in [0.25, 0.3) is 0 Å². The molecule has 12 heteroatoms. The molecular formula is C28H27N3O7S2. The molecule has 0 bridgehead atoms. The van der Waals surface area contributed by atoms with Gasteiger partial charge in [-0.05, 0) is 48.3 Å². The smallest absolute Gasteiger partial charge is 0.223 e. The summed E-state index contributed by atoms with van der Waals surface area (Å²) < 4.78 is 5.28. The van der Waals surface area contributed by atoms with Gasteiger partial charge in [-0.3, -0.25) is 24.7 Å².